The number of methoxy groups -OCH3 is 1. The van der Waals surface area contributed by atoms with Gasteiger partial charge < -0.3 is 10.5 Å². The van der Waals surface area contributed by atoms with E-state index in [0.29, 0.717) is 11.3 Å². The van der Waals surface area contributed by atoms with E-state index in [1.54, 1.807) is 13.2 Å². The molecular formula is C16H24FNO. The molecule has 0 spiro atoms. The molecule has 0 amide bonds. The number of benzene rings is 1. The molecule has 1 aliphatic rings. The Kier molecular flexibility index (Phi) is 4.14. The van der Waals surface area contributed by atoms with Crippen molar-refractivity contribution in [1.82, 2.24) is 0 Å². The van der Waals surface area contributed by atoms with Crippen molar-refractivity contribution in [1.29, 1.82) is 0 Å². The van der Waals surface area contributed by atoms with E-state index in [4.69, 9.17) is 10.5 Å². The van der Waals surface area contributed by atoms with Crippen LogP contribution in [0.1, 0.15) is 63.0 Å². The zero-order valence-corrected chi connectivity index (χ0v) is 12.1. The molecule has 0 unspecified atom stereocenters. The van der Waals surface area contributed by atoms with Crippen LogP contribution in [0.4, 0.5) is 4.39 Å². The third-order valence-electron chi connectivity index (χ3n) is 4.21. The average molecular weight is 265 g/mol. The molecule has 0 saturated heterocycles. The highest BCUT2D eigenvalue weighted by molar-refractivity contribution is 5.43. The number of halogens is 1. The zero-order chi connectivity index (χ0) is 14.0. The van der Waals surface area contributed by atoms with E-state index in [9.17, 15) is 4.39 Å². The Hall–Kier alpha value is -1.09. The molecule has 1 saturated carbocycles. The van der Waals surface area contributed by atoms with Crippen LogP contribution in [0.3, 0.4) is 0 Å². The molecule has 19 heavy (non-hydrogen) atoms. The van der Waals surface area contributed by atoms with Gasteiger partial charge in [0, 0.05) is 11.1 Å². The number of hydrogen-bond acceptors (Lipinski definition) is 2. The minimum absolute atomic E-state index is 0.101. The first-order valence-corrected chi connectivity index (χ1v) is 7.15. The Bertz CT molecular complexity index is 450. The smallest absolute Gasteiger partial charge is 0.130 e. The van der Waals surface area contributed by atoms with Crippen LogP contribution in [0.15, 0.2) is 12.1 Å². The van der Waals surface area contributed by atoms with E-state index in [1.165, 1.54) is 6.42 Å². The van der Waals surface area contributed by atoms with E-state index >= 15 is 0 Å². The van der Waals surface area contributed by atoms with Crippen LogP contribution in [0.25, 0.3) is 0 Å². The molecule has 2 rings (SSSR count). The van der Waals surface area contributed by atoms with Gasteiger partial charge in [0.2, 0.25) is 0 Å². The molecule has 0 bridgehead atoms. The van der Waals surface area contributed by atoms with Crippen LogP contribution < -0.4 is 10.5 Å². The van der Waals surface area contributed by atoms with Crippen LogP contribution in [0.5, 0.6) is 5.75 Å². The second-order valence-corrected chi connectivity index (χ2v) is 5.95. The molecule has 2 N–H and O–H groups in total. The maximum Gasteiger partial charge on any atom is 0.130 e. The standard InChI is InChI=1S/C16H24FNO/c1-11(2)15-13(17)9-12(10-14(15)19-3)16(18)7-5-4-6-8-16/h9-11H,4-8,18H2,1-3H3. The van der Waals surface area contributed by atoms with Crippen molar-refractivity contribution >= 4 is 0 Å². The summed E-state index contributed by atoms with van der Waals surface area (Å²) in [5.41, 5.74) is 7.61. The molecule has 0 atom stereocenters. The topological polar surface area (TPSA) is 35.2 Å². The van der Waals surface area contributed by atoms with Gasteiger partial charge in [0.25, 0.3) is 0 Å². The second-order valence-electron chi connectivity index (χ2n) is 5.95. The SMILES string of the molecule is COc1cc(C2(N)CCCCC2)cc(F)c1C(C)C. The Morgan fingerprint density at radius 2 is 1.84 bits per heavy atom. The molecule has 0 heterocycles. The van der Waals surface area contributed by atoms with Crippen LogP contribution in [0.2, 0.25) is 0 Å². The van der Waals surface area contributed by atoms with Crippen LogP contribution in [-0.4, -0.2) is 7.11 Å². The lowest BCUT2D eigenvalue weighted by atomic mass is 9.77. The highest BCUT2D eigenvalue weighted by atomic mass is 19.1. The zero-order valence-electron chi connectivity index (χ0n) is 12.1. The number of nitrogens with two attached hydrogens (primary N) is 1. The molecule has 0 aromatic heterocycles. The van der Waals surface area contributed by atoms with Gasteiger partial charge in [-0.3, -0.25) is 0 Å². The van der Waals surface area contributed by atoms with Gasteiger partial charge in [-0.25, -0.2) is 4.39 Å². The fraction of sp³-hybridized carbons (Fsp3) is 0.625. The van der Waals surface area contributed by atoms with Crippen molar-refractivity contribution in [2.45, 2.75) is 57.4 Å². The summed E-state index contributed by atoms with van der Waals surface area (Å²) in [6.07, 6.45) is 5.31. The first-order chi connectivity index (χ1) is 8.98. The van der Waals surface area contributed by atoms with Crippen molar-refractivity contribution in [3.8, 4) is 5.75 Å². The van der Waals surface area contributed by atoms with Crippen molar-refractivity contribution < 1.29 is 9.13 Å². The lowest BCUT2D eigenvalue weighted by molar-refractivity contribution is 0.299. The van der Waals surface area contributed by atoms with Gasteiger partial charge >= 0.3 is 0 Å². The molecular weight excluding hydrogens is 241 g/mol. The quantitative estimate of drug-likeness (QED) is 0.894. The Morgan fingerprint density at radius 3 is 2.37 bits per heavy atom. The summed E-state index contributed by atoms with van der Waals surface area (Å²) in [5, 5.41) is 0. The molecule has 3 heteroatoms. The molecule has 0 radical (unpaired) electrons. The minimum Gasteiger partial charge on any atom is -0.496 e. The molecule has 2 nitrogen and oxygen atoms in total. The first-order valence-electron chi connectivity index (χ1n) is 7.15. The van der Waals surface area contributed by atoms with Gasteiger partial charge in [0.1, 0.15) is 11.6 Å². The summed E-state index contributed by atoms with van der Waals surface area (Å²) in [7, 11) is 1.59. The van der Waals surface area contributed by atoms with Gasteiger partial charge in [0.15, 0.2) is 0 Å². The fourth-order valence-electron chi connectivity index (χ4n) is 3.08. The fourth-order valence-corrected chi connectivity index (χ4v) is 3.08. The number of hydrogen-bond donors (Lipinski definition) is 1. The van der Waals surface area contributed by atoms with Gasteiger partial charge in [-0.15, -0.1) is 0 Å². The van der Waals surface area contributed by atoms with E-state index in [2.05, 4.69) is 0 Å². The van der Waals surface area contributed by atoms with Crippen molar-refractivity contribution in [3.05, 3.63) is 29.1 Å². The molecule has 1 aromatic rings. The first kappa shape index (κ1) is 14.3. The molecule has 1 aromatic carbocycles. The van der Waals surface area contributed by atoms with Crippen molar-refractivity contribution in [2.24, 2.45) is 5.73 Å². The van der Waals surface area contributed by atoms with Gasteiger partial charge in [-0.05, 0) is 36.5 Å². The highest BCUT2D eigenvalue weighted by Crippen LogP contribution is 2.39. The van der Waals surface area contributed by atoms with E-state index in [1.807, 2.05) is 19.9 Å². The van der Waals surface area contributed by atoms with E-state index in [0.717, 1.165) is 31.2 Å². The molecule has 1 fully saturated rings. The van der Waals surface area contributed by atoms with Gasteiger partial charge in [-0.2, -0.15) is 0 Å². The minimum atomic E-state index is -0.387. The monoisotopic (exact) mass is 265 g/mol. The third kappa shape index (κ3) is 2.76. The Balaban J connectivity index is 2.45. The lowest BCUT2D eigenvalue weighted by Gasteiger charge is -2.34. The Morgan fingerprint density at radius 1 is 1.21 bits per heavy atom. The van der Waals surface area contributed by atoms with Crippen LogP contribution >= 0.6 is 0 Å². The number of ether oxygens (including phenoxy) is 1. The third-order valence-corrected chi connectivity index (χ3v) is 4.21. The van der Waals surface area contributed by atoms with Gasteiger partial charge in [0.05, 0.1) is 7.11 Å². The summed E-state index contributed by atoms with van der Waals surface area (Å²) in [5.74, 6) is 0.532. The molecule has 1 aliphatic carbocycles. The summed E-state index contributed by atoms with van der Waals surface area (Å²) >= 11 is 0. The number of rotatable bonds is 3. The normalized spacial score (nSPS) is 18.6. The maximum atomic E-state index is 14.3. The predicted molar refractivity (Wildman–Crippen MR) is 76.0 cm³/mol. The lowest BCUT2D eigenvalue weighted by Crippen LogP contribution is -2.38. The van der Waals surface area contributed by atoms with Crippen molar-refractivity contribution in [3.63, 3.8) is 0 Å². The van der Waals surface area contributed by atoms with Crippen molar-refractivity contribution in [2.75, 3.05) is 7.11 Å². The largest absolute Gasteiger partial charge is 0.496 e. The summed E-state index contributed by atoms with van der Waals surface area (Å²) in [6.45, 7) is 3.94. The predicted octanol–water partition coefficient (Wildman–Crippen LogP) is 4.08. The molecule has 0 aliphatic heterocycles. The van der Waals surface area contributed by atoms with Gasteiger partial charge in [-0.1, -0.05) is 33.1 Å². The summed E-state index contributed by atoms with van der Waals surface area (Å²) in [4.78, 5) is 0. The highest BCUT2D eigenvalue weighted by Gasteiger charge is 2.31. The van der Waals surface area contributed by atoms with E-state index in [-0.39, 0.29) is 17.3 Å². The second kappa shape index (κ2) is 5.49. The average Bonchev–Trinajstić information content (AvgIpc) is 2.38. The van der Waals surface area contributed by atoms with Crippen LogP contribution in [0, 0.1) is 5.82 Å². The summed E-state index contributed by atoms with van der Waals surface area (Å²) in [6, 6.07) is 3.55. The molecule has 106 valence electrons. The maximum absolute atomic E-state index is 14.3. The summed E-state index contributed by atoms with van der Waals surface area (Å²) < 4.78 is 19.7. The van der Waals surface area contributed by atoms with Crippen LogP contribution in [-0.2, 0) is 5.54 Å². The Labute approximate surface area is 115 Å². The van der Waals surface area contributed by atoms with E-state index < -0.39 is 0 Å².